The van der Waals surface area contributed by atoms with Gasteiger partial charge in [0.25, 0.3) is 5.91 Å². The molecule has 1 amide bonds. The molecule has 1 N–H and O–H groups in total. The molecule has 1 saturated heterocycles. The Morgan fingerprint density at radius 1 is 1.15 bits per heavy atom. The number of fused-ring (bicyclic) bond motifs is 1. The summed E-state index contributed by atoms with van der Waals surface area (Å²) in [4.78, 5) is 19.7. The molecule has 41 heavy (non-hydrogen) atoms. The Morgan fingerprint density at radius 2 is 1.93 bits per heavy atom. The first-order chi connectivity index (χ1) is 19.8. The minimum absolute atomic E-state index is 0.00353. The van der Waals surface area contributed by atoms with E-state index in [1.165, 1.54) is 12.1 Å². The van der Waals surface area contributed by atoms with Crippen molar-refractivity contribution in [1.82, 2.24) is 34.6 Å². The number of piperidine rings is 1. The predicted molar refractivity (Wildman–Crippen MR) is 152 cm³/mol. The lowest BCUT2D eigenvalue weighted by Gasteiger charge is -2.33. The summed E-state index contributed by atoms with van der Waals surface area (Å²) in [7, 11) is 3.45. The van der Waals surface area contributed by atoms with Crippen LogP contribution in [0, 0.1) is 12.7 Å². The molecule has 3 aromatic heterocycles. The Balaban J connectivity index is 1.28. The van der Waals surface area contributed by atoms with Crippen LogP contribution in [0.3, 0.4) is 0 Å². The van der Waals surface area contributed by atoms with Gasteiger partial charge in [0, 0.05) is 37.5 Å². The molecule has 2 fully saturated rings. The number of aromatic nitrogens is 5. The van der Waals surface area contributed by atoms with E-state index in [0.29, 0.717) is 22.9 Å². The van der Waals surface area contributed by atoms with Crippen molar-refractivity contribution in [3.8, 4) is 22.8 Å². The Labute approximate surface area is 238 Å². The molecule has 11 heteroatoms. The van der Waals surface area contributed by atoms with Crippen LogP contribution < -0.4 is 10.1 Å². The van der Waals surface area contributed by atoms with Crippen LogP contribution in [0.1, 0.15) is 60.0 Å². The second-order valence-corrected chi connectivity index (χ2v) is 11.2. The van der Waals surface area contributed by atoms with Crippen LogP contribution in [0.25, 0.3) is 22.7 Å². The first-order valence-electron chi connectivity index (χ1n) is 14.2. The summed E-state index contributed by atoms with van der Waals surface area (Å²) in [6, 6.07) is 5.01. The number of aryl methyl sites for hydroxylation is 1. The molecule has 4 heterocycles. The summed E-state index contributed by atoms with van der Waals surface area (Å²) in [5.41, 5.74) is 4.54. The smallest absolute Gasteiger partial charge is 0.254 e. The number of imidazole rings is 1. The summed E-state index contributed by atoms with van der Waals surface area (Å²) in [6.45, 7) is 6.82. The number of hydrogen-bond donors (Lipinski definition) is 1. The highest BCUT2D eigenvalue weighted by Crippen LogP contribution is 2.36. The molecular weight excluding hydrogens is 525 g/mol. The van der Waals surface area contributed by atoms with E-state index in [4.69, 9.17) is 9.47 Å². The molecular formula is C30H36FN7O3. The fourth-order valence-corrected chi connectivity index (χ4v) is 5.63. The normalized spacial score (nSPS) is 17.2. The molecule has 1 atom stereocenters. The molecule has 0 spiro atoms. The van der Waals surface area contributed by atoms with Gasteiger partial charge in [-0.15, -0.1) is 5.10 Å². The van der Waals surface area contributed by atoms with Crippen molar-refractivity contribution in [1.29, 1.82) is 0 Å². The highest BCUT2D eigenvalue weighted by molar-refractivity contribution is 5.95. The summed E-state index contributed by atoms with van der Waals surface area (Å²) in [5.74, 6) is 0.235. The van der Waals surface area contributed by atoms with Gasteiger partial charge in [-0.05, 0) is 76.2 Å². The van der Waals surface area contributed by atoms with E-state index in [1.807, 2.05) is 10.5 Å². The van der Waals surface area contributed by atoms with Gasteiger partial charge in [-0.3, -0.25) is 9.20 Å². The highest BCUT2D eigenvalue weighted by atomic mass is 19.1. The van der Waals surface area contributed by atoms with Gasteiger partial charge in [0.1, 0.15) is 22.9 Å². The molecule has 1 aliphatic carbocycles. The van der Waals surface area contributed by atoms with Gasteiger partial charge in [0.2, 0.25) is 0 Å². The SMILES string of the molecule is COc1cc2ncc(-c3cn(-c4cc(C(=O)NC5CC5)c(F)cc4C)nn3)n2cc1C1CCN(C[C@H](C)OC)CC1. The summed E-state index contributed by atoms with van der Waals surface area (Å²) in [5, 5.41) is 11.6. The number of pyridine rings is 1. The minimum Gasteiger partial charge on any atom is -0.496 e. The van der Waals surface area contributed by atoms with E-state index in [1.54, 1.807) is 38.2 Å². The summed E-state index contributed by atoms with van der Waals surface area (Å²) < 4.78 is 29.5. The third-order valence-electron chi connectivity index (χ3n) is 8.25. The average Bonchev–Trinajstić information content (AvgIpc) is 3.48. The third-order valence-corrected chi connectivity index (χ3v) is 8.25. The van der Waals surface area contributed by atoms with Crippen LogP contribution in [0.4, 0.5) is 4.39 Å². The second kappa shape index (κ2) is 11.2. The quantitative estimate of drug-likeness (QED) is 0.328. The van der Waals surface area contributed by atoms with Crippen molar-refractivity contribution in [2.45, 2.75) is 57.6 Å². The highest BCUT2D eigenvalue weighted by Gasteiger charge is 2.27. The molecule has 216 valence electrons. The Kier molecular flexibility index (Phi) is 7.48. The molecule has 0 radical (unpaired) electrons. The maximum atomic E-state index is 14.7. The van der Waals surface area contributed by atoms with Crippen LogP contribution in [0.15, 0.2) is 36.8 Å². The summed E-state index contributed by atoms with van der Waals surface area (Å²) >= 11 is 0. The number of halogens is 1. The van der Waals surface area contributed by atoms with Crippen molar-refractivity contribution in [3.63, 3.8) is 0 Å². The largest absolute Gasteiger partial charge is 0.496 e. The van der Waals surface area contributed by atoms with Crippen LogP contribution in [-0.4, -0.2) is 81.2 Å². The van der Waals surface area contributed by atoms with Crippen LogP contribution in [0.5, 0.6) is 5.75 Å². The van der Waals surface area contributed by atoms with Gasteiger partial charge in [0.05, 0.1) is 42.6 Å². The molecule has 0 unspecified atom stereocenters. The number of ether oxygens (including phenoxy) is 2. The van der Waals surface area contributed by atoms with Crippen LogP contribution in [0.2, 0.25) is 0 Å². The molecule has 0 bridgehead atoms. The van der Waals surface area contributed by atoms with E-state index in [-0.39, 0.29) is 17.7 Å². The number of hydrogen-bond acceptors (Lipinski definition) is 7. The zero-order valence-corrected chi connectivity index (χ0v) is 23.9. The van der Waals surface area contributed by atoms with E-state index >= 15 is 0 Å². The number of methoxy groups -OCH3 is 2. The maximum absolute atomic E-state index is 14.7. The molecule has 1 aliphatic heterocycles. The number of benzene rings is 1. The van der Waals surface area contributed by atoms with Crippen LogP contribution >= 0.6 is 0 Å². The van der Waals surface area contributed by atoms with Gasteiger partial charge in [0.15, 0.2) is 0 Å². The number of likely N-dealkylation sites (tertiary alicyclic amines) is 1. The Morgan fingerprint density at radius 3 is 2.63 bits per heavy atom. The van der Waals surface area contributed by atoms with Crippen molar-refractivity contribution in [2.75, 3.05) is 33.9 Å². The number of carbonyl (C=O) groups is 1. The van der Waals surface area contributed by atoms with Gasteiger partial charge in [-0.2, -0.15) is 0 Å². The van der Waals surface area contributed by atoms with E-state index in [2.05, 4.69) is 38.6 Å². The number of nitrogens with one attached hydrogen (secondary N) is 1. The van der Waals surface area contributed by atoms with Crippen molar-refractivity contribution in [3.05, 3.63) is 59.3 Å². The number of rotatable bonds is 9. The van der Waals surface area contributed by atoms with E-state index in [9.17, 15) is 9.18 Å². The maximum Gasteiger partial charge on any atom is 0.254 e. The van der Waals surface area contributed by atoms with Gasteiger partial charge >= 0.3 is 0 Å². The monoisotopic (exact) mass is 561 g/mol. The van der Waals surface area contributed by atoms with Crippen molar-refractivity contribution >= 4 is 11.6 Å². The van der Waals surface area contributed by atoms with Gasteiger partial charge < -0.3 is 19.7 Å². The zero-order chi connectivity index (χ0) is 28.7. The molecule has 6 rings (SSSR count). The molecule has 2 aliphatic rings. The lowest BCUT2D eigenvalue weighted by molar-refractivity contribution is 0.0673. The van der Waals surface area contributed by atoms with Gasteiger partial charge in [-0.25, -0.2) is 14.1 Å². The Bertz CT molecular complexity index is 1570. The topological polar surface area (TPSA) is 98.8 Å². The summed E-state index contributed by atoms with van der Waals surface area (Å²) in [6.07, 6.45) is 9.79. The molecule has 10 nitrogen and oxygen atoms in total. The Hall–Kier alpha value is -3.83. The lowest BCUT2D eigenvalue weighted by atomic mass is 9.89. The predicted octanol–water partition coefficient (Wildman–Crippen LogP) is 4.14. The first kappa shape index (κ1) is 27.3. The van der Waals surface area contributed by atoms with E-state index in [0.717, 1.165) is 68.0 Å². The zero-order valence-electron chi connectivity index (χ0n) is 23.9. The number of amides is 1. The third kappa shape index (κ3) is 5.56. The standard InChI is InChI=1S/C30H36FN7O3/c1-18-11-24(31)22(30(39)33-21-5-6-21)12-26(18)38-17-25(34-35-38)27-14-32-29-13-28(41-4)23(16-37(27)29)20-7-9-36(10-8-20)15-19(2)40-3/h11-14,16-17,19-21H,5-10,15H2,1-4H3,(H,33,39)/t19-/m0/s1. The van der Waals surface area contributed by atoms with Gasteiger partial charge in [-0.1, -0.05) is 5.21 Å². The average molecular weight is 562 g/mol. The van der Waals surface area contributed by atoms with Crippen LogP contribution in [-0.2, 0) is 4.74 Å². The first-order valence-corrected chi connectivity index (χ1v) is 14.2. The number of nitrogens with zero attached hydrogens (tertiary/aromatic N) is 6. The van der Waals surface area contributed by atoms with Crippen molar-refractivity contribution < 1.29 is 18.7 Å². The minimum atomic E-state index is -0.549. The van der Waals surface area contributed by atoms with Crippen molar-refractivity contribution in [2.24, 2.45) is 0 Å². The fourth-order valence-electron chi connectivity index (χ4n) is 5.63. The molecule has 1 saturated carbocycles. The fraction of sp³-hybridized carbons (Fsp3) is 0.467. The number of carbonyl (C=O) groups excluding carboxylic acids is 1. The second-order valence-electron chi connectivity index (χ2n) is 11.2. The lowest BCUT2D eigenvalue weighted by Crippen LogP contribution is -2.38. The molecule has 4 aromatic rings. The molecule has 1 aromatic carbocycles. The van der Waals surface area contributed by atoms with E-state index < -0.39 is 11.7 Å².